The molecule has 1 aliphatic rings. The minimum atomic E-state index is 0.0460. The Morgan fingerprint density at radius 1 is 0.625 bits per heavy atom. The van der Waals surface area contributed by atoms with Crippen molar-refractivity contribution in [3.05, 3.63) is 120 Å². The van der Waals surface area contributed by atoms with Gasteiger partial charge in [0.05, 0.1) is 0 Å². The number of aromatic nitrogens is 1. The molecule has 0 saturated heterocycles. The number of fused-ring (bicyclic) bond motifs is 11. The Hall–Kier alpha value is -4.76. The summed E-state index contributed by atoms with van der Waals surface area (Å²) in [5, 5.41) is 7.63. The van der Waals surface area contributed by atoms with E-state index in [9.17, 15) is 0 Å². The van der Waals surface area contributed by atoms with Gasteiger partial charge in [-0.1, -0.05) is 102 Å². The molecular weight excluding hydrogens is 485 g/mol. The van der Waals surface area contributed by atoms with E-state index in [1.165, 1.54) is 82.1 Å². The fourth-order valence-electron chi connectivity index (χ4n) is 7.74. The molecule has 9 rings (SSSR count). The second-order valence-corrected chi connectivity index (χ2v) is 11.5. The maximum atomic E-state index is 6.42. The lowest BCUT2D eigenvalue weighted by Gasteiger charge is -2.30. The maximum absolute atomic E-state index is 6.42. The zero-order valence-electron chi connectivity index (χ0n) is 22.7. The van der Waals surface area contributed by atoms with Gasteiger partial charge in [0.15, 0.2) is 0 Å². The molecule has 2 aromatic heterocycles. The summed E-state index contributed by atoms with van der Waals surface area (Å²) in [6.45, 7) is 6.80. The number of nitrogens with zero attached hydrogens (tertiary/aromatic N) is 1. The first kappa shape index (κ1) is 22.1. The van der Waals surface area contributed by atoms with Crippen LogP contribution in [0.1, 0.15) is 16.7 Å². The van der Waals surface area contributed by atoms with Crippen molar-refractivity contribution in [3.63, 3.8) is 0 Å². The highest BCUT2D eigenvalue weighted by Crippen LogP contribution is 2.45. The first-order chi connectivity index (χ1) is 19.6. The first-order valence-electron chi connectivity index (χ1n) is 14.1. The van der Waals surface area contributed by atoms with Crippen LogP contribution >= 0.6 is 0 Å². The number of benzene rings is 6. The van der Waals surface area contributed by atoms with Gasteiger partial charge in [-0.25, -0.2) is 0 Å². The summed E-state index contributed by atoms with van der Waals surface area (Å²) < 4.78 is 9.05. The number of para-hydroxylation sites is 2. The molecule has 8 aromatic rings. The van der Waals surface area contributed by atoms with Crippen molar-refractivity contribution >= 4 is 72.3 Å². The second kappa shape index (κ2) is 7.67. The minimum Gasteiger partial charge on any atom is -0.456 e. The Labute approximate surface area is 232 Å². The monoisotopic (exact) mass is 511 g/mol. The van der Waals surface area contributed by atoms with E-state index < -0.39 is 0 Å². The number of hydrogen-bond acceptors (Lipinski definition) is 1. The van der Waals surface area contributed by atoms with Crippen LogP contribution in [0.2, 0.25) is 0 Å². The lowest BCUT2D eigenvalue weighted by molar-refractivity contribution is 0.669. The molecule has 0 saturated carbocycles. The highest BCUT2D eigenvalue weighted by Gasteiger charge is 2.37. The van der Waals surface area contributed by atoms with E-state index in [1.807, 2.05) is 0 Å². The highest BCUT2D eigenvalue weighted by atomic mass is 16.3. The zero-order valence-corrected chi connectivity index (χ0v) is 22.7. The van der Waals surface area contributed by atoms with Crippen LogP contribution in [0.4, 0.5) is 0 Å². The van der Waals surface area contributed by atoms with Crippen molar-refractivity contribution in [1.29, 1.82) is 0 Å². The average Bonchev–Trinajstić information content (AvgIpc) is 3.51. The smallest absolute Gasteiger partial charge is 0.329 e. The SMILES string of the molecule is Cc1cc(C)c(B2c3ccc4oc5ccccc5c4c3-c3cccc4c5c6ccccc6ccc5n2c34)c(C)c1. The molecule has 3 heterocycles. The van der Waals surface area contributed by atoms with Crippen molar-refractivity contribution in [2.45, 2.75) is 20.8 Å². The number of rotatable bonds is 1. The quantitative estimate of drug-likeness (QED) is 0.202. The number of aryl methyl sites for hydroxylation is 3. The average molecular weight is 511 g/mol. The van der Waals surface area contributed by atoms with E-state index >= 15 is 0 Å². The Balaban J connectivity index is 1.56. The molecule has 0 unspecified atom stereocenters. The summed E-state index contributed by atoms with van der Waals surface area (Å²) in [7, 11) is 0. The van der Waals surface area contributed by atoms with E-state index in [-0.39, 0.29) is 6.85 Å². The van der Waals surface area contributed by atoms with Crippen LogP contribution in [-0.4, -0.2) is 11.3 Å². The summed E-state index contributed by atoms with van der Waals surface area (Å²) in [5.41, 5.74) is 13.8. The summed E-state index contributed by atoms with van der Waals surface area (Å²) >= 11 is 0. The van der Waals surface area contributed by atoms with Gasteiger partial charge in [0.1, 0.15) is 11.2 Å². The normalized spacial score (nSPS) is 12.8. The zero-order chi connectivity index (χ0) is 26.7. The van der Waals surface area contributed by atoms with Gasteiger partial charge in [-0.2, -0.15) is 0 Å². The fourth-order valence-corrected chi connectivity index (χ4v) is 7.74. The molecular formula is C37H26BNO. The van der Waals surface area contributed by atoms with Crippen molar-refractivity contribution < 1.29 is 4.42 Å². The van der Waals surface area contributed by atoms with Gasteiger partial charge in [-0.3, -0.25) is 0 Å². The Morgan fingerprint density at radius 2 is 1.38 bits per heavy atom. The van der Waals surface area contributed by atoms with Crippen LogP contribution in [0.25, 0.3) is 65.6 Å². The fraction of sp³-hybridized carbons (Fsp3) is 0.0811. The van der Waals surface area contributed by atoms with Gasteiger partial charge < -0.3 is 8.90 Å². The van der Waals surface area contributed by atoms with Crippen molar-refractivity contribution in [2.75, 3.05) is 0 Å². The van der Waals surface area contributed by atoms with Crippen molar-refractivity contribution in [1.82, 2.24) is 4.48 Å². The number of hydrogen-bond donors (Lipinski definition) is 0. The molecule has 3 heteroatoms. The third kappa shape index (κ3) is 2.70. The molecule has 2 nitrogen and oxygen atoms in total. The van der Waals surface area contributed by atoms with Gasteiger partial charge >= 0.3 is 6.85 Å². The third-order valence-electron chi connectivity index (χ3n) is 9.12. The van der Waals surface area contributed by atoms with Crippen LogP contribution in [-0.2, 0) is 0 Å². The Morgan fingerprint density at radius 3 is 2.23 bits per heavy atom. The molecule has 0 bridgehead atoms. The predicted octanol–water partition coefficient (Wildman–Crippen LogP) is 8.41. The molecule has 188 valence electrons. The van der Waals surface area contributed by atoms with Crippen molar-refractivity contribution in [3.8, 4) is 11.1 Å². The molecule has 0 amide bonds. The van der Waals surface area contributed by atoms with Gasteiger partial charge in [0.25, 0.3) is 0 Å². The summed E-state index contributed by atoms with van der Waals surface area (Å²) in [4.78, 5) is 0. The van der Waals surface area contributed by atoms with E-state index in [0.717, 1.165) is 11.2 Å². The van der Waals surface area contributed by atoms with E-state index in [2.05, 4.69) is 128 Å². The molecule has 0 fully saturated rings. The largest absolute Gasteiger partial charge is 0.456 e. The molecule has 6 aromatic carbocycles. The summed E-state index contributed by atoms with van der Waals surface area (Å²) in [6, 6.07) is 37.9. The molecule has 0 radical (unpaired) electrons. The first-order valence-corrected chi connectivity index (χ1v) is 14.1. The van der Waals surface area contributed by atoms with Crippen molar-refractivity contribution in [2.24, 2.45) is 0 Å². The van der Waals surface area contributed by atoms with Gasteiger partial charge in [-0.05, 0) is 66.2 Å². The standard InChI is InChI=1S/C37H26BNO/c1-21-19-22(2)36(23(3)20-21)38-29-16-18-32-35(26-11-6-7-14-31(26)40-32)34(29)28-13-8-12-27-33-25-10-5-4-9-24(25)15-17-30(33)39(38)37(27)28/h4-20H,1-3H3. The minimum absolute atomic E-state index is 0.0460. The van der Waals surface area contributed by atoms with Gasteiger partial charge in [0, 0.05) is 38.1 Å². The van der Waals surface area contributed by atoms with E-state index in [4.69, 9.17) is 4.42 Å². The molecule has 40 heavy (non-hydrogen) atoms. The molecule has 0 atom stereocenters. The van der Waals surface area contributed by atoms with Crippen LogP contribution < -0.4 is 10.9 Å². The topological polar surface area (TPSA) is 18.1 Å². The lowest BCUT2D eigenvalue weighted by atomic mass is 9.45. The van der Waals surface area contributed by atoms with Crippen LogP contribution in [0.5, 0.6) is 0 Å². The second-order valence-electron chi connectivity index (χ2n) is 11.5. The number of furan rings is 1. The van der Waals surface area contributed by atoms with E-state index in [0.29, 0.717) is 0 Å². The highest BCUT2D eigenvalue weighted by molar-refractivity contribution is 6.88. The van der Waals surface area contributed by atoms with Gasteiger partial charge in [-0.15, -0.1) is 0 Å². The van der Waals surface area contributed by atoms with Crippen LogP contribution in [0.3, 0.4) is 0 Å². The third-order valence-corrected chi connectivity index (χ3v) is 9.12. The molecule has 0 aliphatic carbocycles. The molecule has 1 aliphatic heterocycles. The van der Waals surface area contributed by atoms with Gasteiger partial charge in [0.2, 0.25) is 0 Å². The van der Waals surface area contributed by atoms with Crippen LogP contribution in [0, 0.1) is 20.8 Å². The molecule has 0 spiro atoms. The van der Waals surface area contributed by atoms with Crippen LogP contribution in [0.15, 0.2) is 108 Å². The lowest BCUT2D eigenvalue weighted by Crippen LogP contribution is -2.53. The maximum Gasteiger partial charge on any atom is 0.329 e. The molecule has 0 N–H and O–H groups in total. The van der Waals surface area contributed by atoms with E-state index in [1.54, 1.807) is 0 Å². The predicted molar refractivity (Wildman–Crippen MR) is 171 cm³/mol. The summed E-state index contributed by atoms with van der Waals surface area (Å²) in [6.07, 6.45) is 0. The summed E-state index contributed by atoms with van der Waals surface area (Å²) in [5.74, 6) is 0. The Kier molecular flexibility index (Phi) is 4.24. The Bertz CT molecular complexity index is 2350.